The van der Waals surface area contributed by atoms with E-state index in [0.29, 0.717) is 13.1 Å². The van der Waals surface area contributed by atoms with Gasteiger partial charge in [0, 0.05) is 31.4 Å². The van der Waals surface area contributed by atoms with Gasteiger partial charge in [-0.05, 0) is 30.4 Å². The van der Waals surface area contributed by atoms with Crippen molar-refractivity contribution in [3.8, 4) is 0 Å². The zero-order valence-electron chi connectivity index (χ0n) is 10.6. The van der Waals surface area contributed by atoms with Gasteiger partial charge < -0.3 is 10.0 Å². The van der Waals surface area contributed by atoms with Gasteiger partial charge >= 0.3 is 5.97 Å². The van der Waals surface area contributed by atoms with E-state index in [4.69, 9.17) is 5.11 Å². The summed E-state index contributed by atoms with van der Waals surface area (Å²) in [6, 6.07) is 2.11. The lowest BCUT2D eigenvalue weighted by atomic mass is 10.1. The van der Waals surface area contributed by atoms with Crippen LogP contribution in [0.1, 0.15) is 29.7 Å². The molecule has 1 aliphatic carbocycles. The predicted molar refractivity (Wildman–Crippen MR) is 67.4 cm³/mol. The quantitative estimate of drug-likeness (QED) is 0.880. The molecule has 0 saturated carbocycles. The molecule has 2 aliphatic rings. The average Bonchev–Trinajstić information content (AvgIpc) is 2.96. The molecule has 1 aliphatic heterocycles. The van der Waals surface area contributed by atoms with Crippen molar-refractivity contribution < 1.29 is 14.7 Å². The van der Waals surface area contributed by atoms with E-state index in [1.807, 2.05) is 6.20 Å². The number of rotatable bonds is 3. The third-order valence-electron chi connectivity index (χ3n) is 3.91. The zero-order valence-corrected chi connectivity index (χ0v) is 10.6. The second-order valence-corrected chi connectivity index (χ2v) is 5.32. The Balaban J connectivity index is 1.72. The Morgan fingerprint density at radius 2 is 2.32 bits per heavy atom. The van der Waals surface area contributed by atoms with Crippen molar-refractivity contribution >= 4 is 11.9 Å². The smallest absolute Gasteiger partial charge is 0.308 e. The zero-order chi connectivity index (χ0) is 13.4. The number of fused-ring (bicyclic) bond motifs is 1. The highest BCUT2D eigenvalue weighted by Gasteiger charge is 2.34. The van der Waals surface area contributed by atoms with Crippen LogP contribution in [-0.2, 0) is 29.0 Å². The number of aryl methyl sites for hydroxylation is 2. The molecule has 1 N–H and O–H groups in total. The van der Waals surface area contributed by atoms with Gasteiger partial charge in [0.1, 0.15) is 0 Å². The summed E-state index contributed by atoms with van der Waals surface area (Å²) in [6.07, 6.45) is 5.18. The van der Waals surface area contributed by atoms with Crippen LogP contribution in [0, 0.1) is 5.92 Å². The summed E-state index contributed by atoms with van der Waals surface area (Å²) in [5, 5.41) is 8.95. The van der Waals surface area contributed by atoms with E-state index >= 15 is 0 Å². The number of likely N-dealkylation sites (tertiary alicyclic amines) is 1. The minimum absolute atomic E-state index is 0.0760. The van der Waals surface area contributed by atoms with Crippen molar-refractivity contribution in [3.63, 3.8) is 0 Å². The number of carbonyl (C=O) groups is 2. The molecule has 1 fully saturated rings. The summed E-state index contributed by atoms with van der Waals surface area (Å²) in [5.74, 6) is -1.52. The van der Waals surface area contributed by atoms with Crippen LogP contribution in [0.25, 0.3) is 0 Å². The van der Waals surface area contributed by atoms with Crippen molar-refractivity contribution in [2.45, 2.75) is 32.2 Å². The summed E-state index contributed by atoms with van der Waals surface area (Å²) in [4.78, 5) is 28.7. The van der Waals surface area contributed by atoms with Crippen LogP contribution >= 0.6 is 0 Å². The molecular formula is C14H16N2O3. The third-order valence-corrected chi connectivity index (χ3v) is 3.91. The Bertz CT molecular complexity index is 541. The molecule has 5 heteroatoms. The fourth-order valence-electron chi connectivity index (χ4n) is 2.87. The number of aromatic nitrogens is 1. The Hall–Kier alpha value is -1.91. The number of pyridine rings is 1. The minimum atomic E-state index is -0.886. The summed E-state index contributed by atoms with van der Waals surface area (Å²) in [5.41, 5.74) is 3.44. The highest BCUT2D eigenvalue weighted by molar-refractivity contribution is 5.86. The normalized spacial score (nSPS) is 21.8. The molecule has 0 spiro atoms. The maximum Gasteiger partial charge on any atom is 0.308 e. The first-order chi connectivity index (χ1) is 9.13. The van der Waals surface area contributed by atoms with Crippen LogP contribution in [0.4, 0.5) is 0 Å². The maximum atomic E-state index is 11.8. The molecule has 2 heterocycles. The first kappa shape index (κ1) is 12.1. The monoisotopic (exact) mass is 260 g/mol. The van der Waals surface area contributed by atoms with Crippen molar-refractivity contribution in [1.29, 1.82) is 0 Å². The van der Waals surface area contributed by atoms with Gasteiger partial charge in [-0.25, -0.2) is 0 Å². The van der Waals surface area contributed by atoms with E-state index < -0.39 is 11.9 Å². The number of hydrogen-bond acceptors (Lipinski definition) is 3. The Morgan fingerprint density at radius 1 is 1.47 bits per heavy atom. The number of aliphatic carboxylic acids is 1. The molecule has 1 aromatic rings. The largest absolute Gasteiger partial charge is 0.481 e. The first-order valence-electron chi connectivity index (χ1n) is 6.61. The Morgan fingerprint density at radius 3 is 3.05 bits per heavy atom. The van der Waals surface area contributed by atoms with Crippen molar-refractivity contribution in [1.82, 2.24) is 9.88 Å². The van der Waals surface area contributed by atoms with Crippen molar-refractivity contribution in [2.24, 2.45) is 5.92 Å². The maximum absolute atomic E-state index is 11.8. The predicted octanol–water partition coefficient (Wildman–Crippen LogP) is 1.00. The molecule has 0 unspecified atom stereocenters. The number of carboxylic acids is 1. The lowest BCUT2D eigenvalue weighted by Crippen LogP contribution is -2.25. The number of carbonyl (C=O) groups excluding carboxylic acids is 1. The second kappa shape index (κ2) is 4.64. The summed E-state index contributed by atoms with van der Waals surface area (Å²) in [7, 11) is 0. The standard InChI is InChI=1S/C14H16N2O3/c17-13-5-11(14(18)19)8-16(13)7-9-4-10-2-1-3-12(10)15-6-9/h4,6,11H,1-3,5,7-8H2,(H,18,19)/t11-/m0/s1. The van der Waals surface area contributed by atoms with Gasteiger partial charge in [0.15, 0.2) is 0 Å². The highest BCUT2D eigenvalue weighted by Crippen LogP contribution is 2.23. The minimum Gasteiger partial charge on any atom is -0.481 e. The molecule has 1 atom stereocenters. The van der Waals surface area contributed by atoms with Gasteiger partial charge in [0.05, 0.1) is 5.92 Å². The molecule has 1 aromatic heterocycles. The Kier molecular flexibility index (Phi) is 2.97. The van der Waals surface area contributed by atoms with Crippen LogP contribution in [0.3, 0.4) is 0 Å². The van der Waals surface area contributed by atoms with Gasteiger partial charge in [-0.3, -0.25) is 14.6 Å². The molecule has 0 bridgehead atoms. The van der Waals surface area contributed by atoms with E-state index in [-0.39, 0.29) is 12.3 Å². The van der Waals surface area contributed by atoms with E-state index in [9.17, 15) is 9.59 Å². The van der Waals surface area contributed by atoms with E-state index in [1.165, 1.54) is 11.3 Å². The molecule has 3 rings (SSSR count). The van der Waals surface area contributed by atoms with Gasteiger partial charge in [0.2, 0.25) is 5.91 Å². The van der Waals surface area contributed by atoms with E-state index in [0.717, 1.165) is 24.8 Å². The van der Waals surface area contributed by atoms with Crippen LogP contribution in [0.2, 0.25) is 0 Å². The van der Waals surface area contributed by atoms with E-state index in [1.54, 1.807) is 4.90 Å². The number of nitrogens with zero attached hydrogens (tertiary/aromatic N) is 2. The molecule has 1 amide bonds. The van der Waals surface area contributed by atoms with Crippen molar-refractivity contribution in [2.75, 3.05) is 6.54 Å². The fourth-order valence-corrected chi connectivity index (χ4v) is 2.87. The lowest BCUT2D eigenvalue weighted by molar-refractivity contribution is -0.141. The van der Waals surface area contributed by atoms with Crippen LogP contribution in [-0.4, -0.2) is 33.4 Å². The topological polar surface area (TPSA) is 70.5 Å². The summed E-state index contributed by atoms with van der Waals surface area (Å²) in [6.45, 7) is 0.786. The number of hydrogen-bond donors (Lipinski definition) is 1. The van der Waals surface area contributed by atoms with Crippen molar-refractivity contribution in [3.05, 3.63) is 29.1 Å². The van der Waals surface area contributed by atoms with E-state index in [2.05, 4.69) is 11.1 Å². The molecular weight excluding hydrogens is 244 g/mol. The molecule has 0 radical (unpaired) electrons. The second-order valence-electron chi connectivity index (χ2n) is 5.32. The van der Waals surface area contributed by atoms with Crippen LogP contribution in [0.5, 0.6) is 0 Å². The first-order valence-corrected chi connectivity index (χ1v) is 6.61. The van der Waals surface area contributed by atoms with Crippen LogP contribution < -0.4 is 0 Å². The number of carboxylic acid groups (broad SMARTS) is 1. The fraction of sp³-hybridized carbons (Fsp3) is 0.500. The summed E-state index contributed by atoms with van der Waals surface area (Å²) >= 11 is 0. The average molecular weight is 260 g/mol. The molecule has 0 aromatic carbocycles. The third kappa shape index (κ3) is 2.32. The SMILES string of the molecule is O=C(O)[C@H]1CC(=O)N(Cc2cnc3c(c2)CCC3)C1. The summed E-state index contributed by atoms with van der Waals surface area (Å²) < 4.78 is 0. The molecule has 1 saturated heterocycles. The van der Waals surface area contributed by atoms with Gasteiger partial charge in [-0.1, -0.05) is 6.07 Å². The van der Waals surface area contributed by atoms with Gasteiger partial charge in [0.25, 0.3) is 0 Å². The van der Waals surface area contributed by atoms with Gasteiger partial charge in [-0.2, -0.15) is 0 Å². The molecule has 19 heavy (non-hydrogen) atoms. The lowest BCUT2D eigenvalue weighted by Gasteiger charge is -2.16. The highest BCUT2D eigenvalue weighted by atomic mass is 16.4. The molecule has 5 nitrogen and oxygen atoms in total. The van der Waals surface area contributed by atoms with Crippen LogP contribution in [0.15, 0.2) is 12.3 Å². The number of amides is 1. The van der Waals surface area contributed by atoms with Gasteiger partial charge in [-0.15, -0.1) is 0 Å². The molecule has 100 valence electrons. The Labute approximate surface area is 111 Å².